The second-order valence-corrected chi connectivity index (χ2v) is 4.18. The van der Waals surface area contributed by atoms with Crippen LogP contribution < -0.4 is 0 Å². The molecule has 1 saturated heterocycles. The van der Waals surface area contributed by atoms with Gasteiger partial charge in [0.15, 0.2) is 0 Å². The van der Waals surface area contributed by atoms with Gasteiger partial charge in [0, 0.05) is 24.7 Å². The zero-order valence-electron chi connectivity index (χ0n) is 7.99. The SMILES string of the molecule is O[C@H]1CCN(Cc2ccccc2Cl)C1. The lowest BCUT2D eigenvalue weighted by molar-refractivity contribution is 0.175. The molecule has 0 aliphatic carbocycles. The number of benzene rings is 1. The molecule has 0 saturated carbocycles. The van der Waals surface area contributed by atoms with Gasteiger partial charge >= 0.3 is 0 Å². The number of aliphatic hydroxyl groups is 1. The number of rotatable bonds is 2. The van der Waals surface area contributed by atoms with Gasteiger partial charge in [-0.1, -0.05) is 29.8 Å². The minimum Gasteiger partial charge on any atom is -0.392 e. The van der Waals surface area contributed by atoms with E-state index in [1.54, 1.807) is 0 Å². The van der Waals surface area contributed by atoms with Crippen molar-refractivity contribution in [3.05, 3.63) is 34.9 Å². The molecule has 3 heteroatoms. The van der Waals surface area contributed by atoms with E-state index in [9.17, 15) is 5.11 Å². The average molecular weight is 212 g/mol. The van der Waals surface area contributed by atoms with E-state index in [-0.39, 0.29) is 6.10 Å². The predicted octanol–water partition coefficient (Wildman–Crippen LogP) is 1.91. The fourth-order valence-electron chi connectivity index (χ4n) is 1.82. The Kier molecular flexibility index (Phi) is 3.06. The molecule has 2 nitrogen and oxygen atoms in total. The number of likely N-dealkylation sites (tertiary alicyclic amines) is 1. The van der Waals surface area contributed by atoms with E-state index in [4.69, 9.17) is 11.6 Å². The third-order valence-corrected chi connectivity index (χ3v) is 2.97. The first kappa shape index (κ1) is 9.97. The van der Waals surface area contributed by atoms with Crippen molar-refractivity contribution in [2.45, 2.75) is 19.1 Å². The molecule has 1 aromatic carbocycles. The van der Waals surface area contributed by atoms with Crippen molar-refractivity contribution in [2.75, 3.05) is 13.1 Å². The molecule has 1 fully saturated rings. The third kappa shape index (κ3) is 2.27. The maximum atomic E-state index is 9.37. The molecule has 1 heterocycles. The molecule has 1 aliphatic rings. The Hall–Kier alpha value is -0.570. The Bertz CT molecular complexity index is 316. The van der Waals surface area contributed by atoms with Gasteiger partial charge in [0.05, 0.1) is 6.10 Å². The highest BCUT2D eigenvalue weighted by atomic mass is 35.5. The number of hydrogen-bond donors (Lipinski definition) is 1. The van der Waals surface area contributed by atoms with E-state index in [2.05, 4.69) is 4.90 Å². The summed E-state index contributed by atoms with van der Waals surface area (Å²) in [6.07, 6.45) is 0.724. The summed E-state index contributed by atoms with van der Waals surface area (Å²) < 4.78 is 0. The van der Waals surface area contributed by atoms with E-state index in [1.807, 2.05) is 24.3 Å². The highest BCUT2D eigenvalue weighted by molar-refractivity contribution is 6.31. The minimum absolute atomic E-state index is 0.155. The lowest BCUT2D eigenvalue weighted by Crippen LogP contribution is -2.21. The van der Waals surface area contributed by atoms with Crippen LogP contribution in [0.4, 0.5) is 0 Å². The largest absolute Gasteiger partial charge is 0.392 e. The number of nitrogens with zero attached hydrogens (tertiary/aromatic N) is 1. The molecule has 1 aromatic rings. The summed E-state index contributed by atoms with van der Waals surface area (Å²) in [5.74, 6) is 0. The van der Waals surface area contributed by atoms with Crippen LogP contribution >= 0.6 is 11.6 Å². The fraction of sp³-hybridized carbons (Fsp3) is 0.455. The van der Waals surface area contributed by atoms with Gasteiger partial charge in [-0.3, -0.25) is 4.90 Å². The molecular formula is C11H14ClNO. The third-order valence-electron chi connectivity index (χ3n) is 2.60. The van der Waals surface area contributed by atoms with E-state index < -0.39 is 0 Å². The molecule has 0 spiro atoms. The lowest BCUT2D eigenvalue weighted by atomic mass is 10.2. The molecule has 1 atom stereocenters. The lowest BCUT2D eigenvalue weighted by Gasteiger charge is -2.15. The quantitative estimate of drug-likeness (QED) is 0.808. The second-order valence-electron chi connectivity index (χ2n) is 3.77. The number of halogens is 1. The van der Waals surface area contributed by atoms with Crippen molar-refractivity contribution in [2.24, 2.45) is 0 Å². The number of β-amino-alcohol motifs (C(OH)–C–C–N with tert-alkyl or cyclic N) is 1. The van der Waals surface area contributed by atoms with Gasteiger partial charge in [-0.05, 0) is 18.1 Å². The van der Waals surface area contributed by atoms with Crippen LogP contribution in [0, 0.1) is 0 Å². The van der Waals surface area contributed by atoms with Gasteiger partial charge in [0.1, 0.15) is 0 Å². The van der Waals surface area contributed by atoms with Crippen molar-refractivity contribution < 1.29 is 5.11 Å². The van der Waals surface area contributed by atoms with Crippen LogP contribution in [0.5, 0.6) is 0 Å². The number of hydrogen-bond acceptors (Lipinski definition) is 2. The molecule has 76 valence electrons. The topological polar surface area (TPSA) is 23.5 Å². The van der Waals surface area contributed by atoms with Crippen molar-refractivity contribution in [3.8, 4) is 0 Å². The van der Waals surface area contributed by atoms with Gasteiger partial charge in [-0.2, -0.15) is 0 Å². The molecule has 1 N–H and O–H groups in total. The molecule has 1 aliphatic heterocycles. The molecule has 14 heavy (non-hydrogen) atoms. The van der Waals surface area contributed by atoms with Crippen LogP contribution in [0.1, 0.15) is 12.0 Å². The van der Waals surface area contributed by atoms with E-state index in [0.717, 1.165) is 36.6 Å². The average Bonchev–Trinajstić information content (AvgIpc) is 2.56. The summed E-state index contributed by atoms with van der Waals surface area (Å²) in [4.78, 5) is 2.23. The highest BCUT2D eigenvalue weighted by Crippen LogP contribution is 2.19. The second kappa shape index (κ2) is 4.30. The van der Waals surface area contributed by atoms with Crippen LogP contribution in [0.2, 0.25) is 5.02 Å². The molecule has 0 bridgehead atoms. The van der Waals surface area contributed by atoms with Crippen molar-refractivity contribution >= 4 is 11.6 Å². The molecule has 0 unspecified atom stereocenters. The standard InChI is InChI=1S/C11H14ClNO/c12-11-4-2-1-3-9(11)7-13-6-5-10(14)8-13/h1-4,10,14H,5-8H2/t10-/m0/s1. The van der Waals surface area contributed by atoms with Crippen LogP contribution in [0.15, 0.2) is 24.3 Å². The maximum absolute atomic E-state index is 9.37. The monoisotopic (exact) mass is 211 g/mol. The fourth-order valence-corrected chi connectivity index (χ4v) is 2.02. The summed E-state index contributed by atoms with van der Waals surface area (Å²) in [6.45, 7) is 2.58. The predicted molar refractivity (Wildman–Crippen MR) is 57.4 cm³/mol. The first-order valence-corrected chi connectivity index (χ1v) is 5.27. The van der Waals surface area contributed by atoms with Crippen LogP contribution in [-0.4, -0.2) is 29.2 Å². The molecular weight excluding hydrogens is 198 g/mol. The normalized spacial score (nSPS) is 22.9. The maximum Gasteiger partial charge on any atom is 0.0679 e. The first-order chi connectivity index (χ1) is 6.75. The van der Waals surface area contributed by atoms with E-state index in [0.29, 0.717) is 0 Å². The molecule has 0 aromatic heterocycles. The Balaban J connectivity index is 2.01. The van der Waals surface area contributed by atoms with Gasteiger partial charge in [0.2, 0.25) is 0 Å². The van der Waals surface area contributed by atoms with Gasteiger partial charge in [-0.15, -0.1) is 0 Å². The van der Waals surface area contributed by atoms with Gasteiger partial charge in [0.25, 0.3) is 0 Å². The van der Waals surface area contributed by atoms with E-state index >= 15 is 0 Å². The summed E-state index contributed by atoms with van der Waals surface area (Å²) in [6, 6.07) is 7.87. The Morgan fingerprint density at radius 3 is 2.86 bits per heavy atom. The summed E-state index contributed by atoms with van der Waals surface area (Å²) in [5, 5.41) is 10.2. The Morgan fingerprint density at radius 1 is 1.43 bits per heavy atom. The smallest absolute Gasteiger partial charge is 0.0679 e. The van der Waals surface area contributed by atoms with Crippen LogP contribution in [0.3, 0.4) is 0 Å². The molecule has 0 radical (unpaired) electrons. The molecule has 0 amide bonds. The van der Waals surface area contributed by atoms with Crippen molar-refractivity contribution in [3.63, 3.8) is 0 Å². The van der Waals surface area contributed by atoms with Crippen molar-refractivity contribution in [1.82, 2.24) is 4.90 Å². The minimum atomic E-state index is -0.155. The van der Waals surface area contributed by atoms with Crippen LogP contribution in [-0.2, 0) is 6.54 Å². The van der Waals surface area contributed by atoms with Gasteiger partial charge in [-0.25, -0.2) is 0 Å². The Labute approximate surface area is 89.1 Å². The summed E-state index contributed by atoms with van der Waals surface area (Å²) in [7, 11) is 0. The zero-order valence-corrected chi connectivity index (χ0v) is 8.74. The molecule has 2 rings (SSSR count). The van der Waals surface area contributed by atoms with Crippen LogP contribution in [0.25, 0.3) is 0 Å². The van der Waals surface area contributed by atoms with Crippen molar-refractivity contribution in [1.29, 1.82) is 0 Å². The van der Waals surface area contributed by atoms with Gasteiger partial charge < -0.3 is 5.11 Å². The number of aliphatic hydroxyl groups excluding tert-OH is 1. The summed E-state index contributed by atoms with van der Waals surface area (Å²) in [5.41, 5.74) is 1.14. The zero-order chi connectivity index (χ0) is 9.97. The Morgan fingerprint density at radius 2 is 2.21 bits per heavy atom. The summed E-state index contributed by atoms with van der Waals surface area (Å²) >= 11 is 6.05. The highest BCUT2D eigenvalue weighted by Gasteiger charge is 2.20. The first-order valence-electron chi connectivity index (χ1n) is 4.89. The van der Waals surface area contributed by atoms with E-state index in [1.165, 1.54) is 0 Å².